The second kappa shape index (κ2) is 8.55. The summed E-state index contributed by atoms with van der Waals surface area (Å²) >= 11 is 5.85. The quantitative estimate of drug-likeness (QED) is 0.624. The number of nitrogens with one attached hydrogen (secondary N) is 1. The van der Waals surface area contributed by atoms with E-state index in [0.717, 1.165) is 5.56 Å². The molecule has 1 fully saturated rings. The number of hydrogen-bond acceptors (Lipinski definition) is 6. The third-order valence-corrected chi connectivity index (χ3v) is 7.01. The van der Waals surface area contributed by atoms with Crippen molar-refractivity contribution in [2.45, 2.75) is 30.3 Å². The SMILES string of the molecule is O=C(NCc1nc(-c2ccccc2)no1)C1CCCN1S(=O)(=O)c1ccc(Cl)cc1. The van der Waals surface area contributed by atoms with Gasteiger partial charge in [0.15, 0.2) is 0 Å². The minimum atomic E-state index is -3.80. The van der Waals surface area contributed by atoms with Gasteiger partial charge in [-0.25, -0.2) is 8.42 Å². The molecule has 1 aliphatic rings. The van der Waals surface area contributed by atoms with Crippen LogP contribution in [0.15, 0.2) is 64.0 Å². The lowest BCUT2D eigenvalue weighted by Crippen LogP contribution is -2.45. The Morgan fingerprint density at radius 1 is 1.17 bits per heavy atom. The molecular formula is C20H19ClN4O4S. The molecule has 2 heterocycles. The molecule has 4 rings (SSSR count). The Morgan fingerprint density at radius 3 is 2.63 bits per heavy atom. The molecule has 1 aromatic heterocycles. The highest BCUT2D eigenvalue weighted by atomic mass is 35.5. The minimum absolute atomic E-state index is 0.0179. The van der Waals surface area contributed by atoms with Crippen LogP contribution in [0.2, 0.25) is 5.02 Å². The van der Waals surface area contributed by atoms with E-state index >= 15 is 0 Å². The van der Waals surface area contributed by atoms with Gasteiger partial charge in [0.25, 0.3) is 0 Å². The van der Waals surface area contributed by atoms with Crippen molar-refractivity contribution >= 4 is 27.5 Å². The lowest BCUT2D eigenvalue weighted by Gasteiger charge is -2.23. The van der Waals surface area contributed by atoms with Gasteiger partial charge in [-0.2, -0.15) is 9.29 Å². The molecule has 0 aliphatic carbocycles. The first-order valence-electron chi connectivity index (χ1n) is 9.38. The van der Waals surface area contributed by atoms with Crippen molar-refractivity contribution in [2.24, 2.45) is 0 Å². The van der Waals surface area contributed by atoms with E-state index in [4.69, 9.17) is 16.1 Å². The van der Waals surface area contributed by atoms with E-state index in [-0.39, 0.29) is 23.9 Å². The lowest BCUT2D eigenvalue weighted by atomic mass is 10.2. The molecule has 0 bridgehead atoms. The zero-order valence-electron chi connectivity index (χ0n) is 15.9. The maximum Gasteiger partial charge on any atom is 0.246 e. The first-order chi connectivity index (χ1) is 14.4. The summed E-state index contributed by atoms with van der Waals surface area (Å²) in [5.74, 6) is 0.268. The molecule has 10 heteroatoms. The summed E-state index contributed by atoms with van der Waals surface area (Å²) in [7, 11) is -3.80. The number of halogens is 1. The van der Waals surface area contributed by atoms with Crippen molar-refractivity contribution < 1.29 is 17.7 Å². The van der Waals surface area contributed by atoms with E-state index in [0.29, 0.717) is 23.7 Å². The summed E-state index contributed by atoms with van der Waals surface area (Å²) in [6, 6.07) is 14.4. The second-order valence-corrected chi connectivity index (χ2v) is 9.15. The van der Waals surface area contributed by atoms with Crippen LogP contribution in [-0.4, -0.2) is 41.4 Å². The molecule has 30 heavy (non-hydrogen) atoms. The van der Waals surface area contributed by atoms with E-state index < -0.39 is 22.0 Å². The second-order valence-electron chi connectivity index (χ2n) is 6.82. The van der Waals surface area contributed by atoms with Crippen LogP contribution in [0.25, 0.3) is 11.4 Å². The highest BCUT2D eigenvalue weighted by molar-refractivity contribution is 7.89. The fourth-order valence-electron chi connectivity index (χ4n) is 3.34. The molecular weight excluding hydrogens is 428 g/mol. The Bertz CT molecular complexity index is 1130. The number of aromatic nitrogens is 2. The number of sulfonamides is 1. The molecule has 3 aromatic rings. The van der Waals surface area contributed by atoms with Crippen LogP contribution in [0.5, 0.6) is 0 Å². The third kappa shape index (κ3) is 4.23. The van der Waals surface area contributed by atoms with E-state index in [2.05, 4.69) is 15.5 Å². The third-order valence-electron chi connectivity index (χ3n) is 4.84. The normalized spacial score (nSPS) is 17.2. The summed E-state index contributed by atoms with van der Waals surface area (Å²) in [4.78, 5) is 17.1. The van der Waals surface area contributed by atoms with Gasteiger partial charge in [0.1, 0.15) is 6.04 Å². The van der Waals surface area contributed by atoms with Crippen LogP contribution in [0.3, 0.4) is 0 Å². The Hall–Kier alpha value is -2.75. The maximum absolute atomic E-state index is 13.0. The smallest absolute Gasteiger partial charge is 0.246 e. The van der Waals surface area contributed by atoms with E-state index in [1.165, 1.54) is 28.6 Å². The minimum Gasteiger partial charge on any atom is -0.346 e. The van der Waals surface area contributed by atoms with Crippen molar-refractivity contribution in [2.75, 3.05) is 6.54 Å². The number of rotatable bonds is 6. The average molecular weight is 447 g/mol. The molecule has 0 spiro atoms. The standard InChI is InChI=1S/C20H19ClN4O4S/c21-15-8-10-16(11-9-15)30(27,28)25-12-4-7-17(25)20(26)22-13-18-23-19(24-29-18)14-5-2-1-3-6-14/h1-3,5-6,8-11,17H,4,7,12-13H2,(H,22,26). The van der Waals surface area contributed by atoms with Crippen LogP contribution in [0.1, 0.15) is 18.7 Å². The van der Waals surface area contributed by atoms with Gasteiger partial charge in [0.05, 0.1) is 11.4 Å². The van der Waals surface area contributed by atoms with Crippen LogP contribution in [0, 0.1) is 0 Å². The molecule has 0 saturated carbocycles. The van der Waals surface area contributed by atoms with Crippen LogP contribution in [-0.2, 0) is 21.4 Å². The maximum atomic E-state index is 13.0. The van der Waals surface area contributed by atoms with Crippen LogP contribution >= 0.6 is 11.6 Å². The van der Waals surface area contributed by atoms with E-state index in [1.54, 1.807) is 0 Å². The van der Waals surface area contributed by atoms with Crippen LogP contribution in [0.4, 0.5) is 0 Å². The molecule has 1 unspecified atom stereocenters. The highest BCUT2D eigenvalue weighted by Crippen LogP contribution is 2.27. The van der Waals surface area contributed by atoms with Gasteiger partial charge in [-0.1, -0.05) is 47.1 Å². The molecule has 0 radical (unpaired) electrons. The lowest BCUT2D eigenvalue weighted by molar-refractivity contribution is -0.124. The summed E-state index contributed by atoms with van der Waals surface area (Å²) in [6.07, 6.45) is 1.04. The Morgan fingerprint density at radius 2 is 1.90 bits per heavy atom. The number of amides is 1. The number of carbonyl (C=O) groups excluding carboxylic acids is 1. The number of benzene rings is 2. The highest BCUT2D eigenvalue weighted by Gasteiger charge is 2.39. The van der Waals surface area contributed by atoms with Gasteiger partial charge < -0.3 is 9.84 Å². The summed E-state index contributed by atoms with van der Waals surface area (Å²) < 4.78 is 32.3. The summed E-state index contributed by atoms with van der Waals surface area (Å²) in [5.41, 5.74) is 0.801. The zero-order valence-corrected chi connectivity index (χ0v) is 17.4. The van der Waals surface area contributed by atoms with Gasteiger partial charge in [-0.15, -0.1) is 0 Å². The number of carbonyl (C=O) groups is 1. The molecule has 1 aliphatic heterocycles. The molecule has 8 nitrogen and oxygen atoms in total. The molecule has 1 amide bonds. The van der Waals surface area contributed by atoms with Crippen molar-refractivity contribution in [3.05, 3.63) is 65.5 Å². The Balaban J connectivity index is 1.43. The van der Waals surface area contributed by atoms with Crippen molar-refractivity contribution in [3.63, 3.8) is 0 Å². The largest absolute Gasteiger partial charge is 0.346 e. The summed E-state index contributed by atoms with van der Waals surface area (Å²) in [5, 5.41) is 7.06. The number of nitrogens with zero attached hydrogens (tertiary/aromatic N) is 3. The van der Waals surface area contributed by atoms with Gasteiger partial charge in [0, 0.05) is 17.1 Å². The first-order valence-corrected chi connectivity index (χ1v) is 11.2. The van der Waals surface area contributed by atoms with Crippen LogP contribution < -0.4 is 5.32 Å². The molecule has 1 atom stereocenters. The van der Waals surface area contributed by atoms with E-state index in [9.17, 15) is 13.2 Å². The fraction of sp³-hybridized carbons (Fsp3) is 0.250. The van der Waals surface area contributed by atoms with Gasteiger partial charge >= 0.3 is 0 Å². The Kier molecular flexibility index (Phi) is 5.85. The predicted molar refractivity (Wildman–Crippen MR) is 110 cm³/mol. The summed E-state index contributed by atoms with van der Waals surface area (Å²) in [6.45, 7) is 0.297. The Labute approximate surface area is 178 Å². The van der Waals surface area contributed by atoms with Gasteiger partial charge in [0.2, 0.25) is 27.6 Å². The monoisotopic (exact) mass is 446 g/mol. The molecule has 1 saturated heterocycles. The molecule has 2 aromatic carbocycles. The number of hydrogen-bond donors (Lipinski definition) is 1. The first kappa shape index (κ1) is 20.5. The van der Waals surface area contributed by atoms with E-state index in [1.807, 2.05) is 30.3 Å². The van der Waals surface area contributed by atoms with Crippen molar-refractivity contribution in [1.82, 2.24) is 19.8 Å². The van der Waals surface area contributed by atoms with Crippen molar-refractivity contribution in [1.29, 1.82) is 0 Å². The molecule has 156 valence electrons. The predicted octanol–water partition coefficient (Wildman–Crippen LogP) is 2.86. The zero-order chi connectivity index (χ0) is 21.1. The average Bonchev–Trinajstić information content (AvgIpc) is 3.43. The van der Waals surface area contributed by atoms with Crippen molar-refractivity contribution in [3.8, 4) is 11.4 Å². The fourth-order valence-corrected chi connectivity index (χ4v) is 5.13. The molecule has 1 N–H and O–H groups in total. The van der Waals surface area contributed by atoms with Gasteiger partial charge in [-0.05, 0) is 37.1 Å². The van der Waals surface area contributed by atoms with Gasteiger partial charge in [-0.3, -0.25) is 4.79 Å². The topological polar surface area (TPSA) is 105 Å².